The molecule has 2 bridgehead atoms. The van der Waals surface area contributed by atoms with E-state index in [4.69, 9.17) is 0 Å². The summed E-state index contributed by atoms with van der Waals surface area (Å²) in [5, 5.41) is 0. The van der Waals surface area contributed by atoms with Crippen LogP contribution >= 0.6 is 0 Å². The molecule has 2 fully saturated rings. The summed E-state index contributed by atoms with van der Waals surface area (Å²) in [5.41, 5.74) is 0. The zero-order valence-corrected chi connectivity index (χ0v) is 6.64. The van der Waals surface area contributed by atoms with E-state index in [9.17, 15) is 0 Å². The van der Waals surface area contributed by atoms with Crippen molar-refractivity contribution in [3.05, 3.63) is 0 Å². The Morgan fingerprint density at radius 2 is 1.22 bits per heavy atom. The molecular formula is C6H12N2Si. The minimum Gasteiger partial charge on any atom is -0.312 e. The second-order valence-corrected chi connectivity index (χ2v) is 4.25. The third-order valence-electron chi connectivity index (χ3n) is 1.99. The van der Waals surface area contributed by atoms with E-state index in [1.165, 1.54) is 39.0 Å². The first-order valence-corrected chi connectivity index (χ1v) is 4.61. The quantitative estimate of drug-likeness (QED) is 0.435. The second-order valence-electron chi connectivity index (χ2n) is 2.78. The minimum atomic E-state index is 1.02. The van der Waals surface area contributed by atoms with Gasteiger partial charge in [-0.1, -0.05) is 0 Å². The van der Waals surface area contributed by atoms with Gasteiger partial charge in [-0.05, 0) is 39.0 Å². The van der Waals surface area contributed by atoms with Crippen LogP contribution in [0.3, 0.4) is 0 Å². The molecule has 0 aromatic carbocycles. The maximum Gasteiger partial charge on any atom is 0.251 e. The van der Waals surface area contributed by atoms with E-state index in [2.05, 4.69) is 9.13 Å². The first-order valence-electron chi connectivity index (χ1n) is 3.71. The van der Waals surface area contributed by atoms with Crippen molar-refractivity contribution in [2.24, 2.45) is 0 Å². The molecule has 3 heteroatoms. The van der Waals surface area contributed by atoms with E-state index < -0.39 is 0 Å². The molecule has 2 saturated heterocycles. The Labute approximate surface area is 58.8 Å². The highest BCUT2D eigenvalue weighted by molar-refractivity contribution is 6.28. The number of nitrogens with zero attached hydrogens (tertiary/aromatic N) is 2. The topological polar surface area (TPSA) is 6.48 Å². The van der Waals surface area contributed by atoms with Crippen LogP contribution in [-0.4, -0.2) is 45.2 Å². The molecule has 2 radical (unpaired) electrons. The molecule has 0 amide bonds. The highest BCUT2D eigenvalue weighted by atomic mass is 28.2. The van der Waals surface area contributed by atoms with Crippen molar-refractivity contribution in [1.29, 1.82) is 0 Å². The fraction of sp³-hybridized carbons (Fsp3) is 1.00. The van der Waals surface area contributed by atoms with E-state index in [1.54, 1.807) is 0 Å². The second kappa shape index (κ2) is 2.40. The Morgan fingerprint density at radius 3 is 1.56 bits per heavy atom. The van der Waals surface area contributed by atoms with Crippen LogP contribution in [0.25, 0.3) is 0 Å². The smallest absolute Gasteiger partial charge is 0.251 e. The van der Waals surface area contributed by atoms with Gasteiger partial charge in [0.15, 0.2) is 0 Å². The first-order chi connectivity index (χ1) is 4.45. The van der Waals surface area contributed by atoms with Gasteiger partial charge >= 0.3 is 0 Å². The number of rotatable bonds is 0. The predicted octanol–water partition coefficient (Wildman–Crippen LogP) is -0.0680. The average Bonchev–Trinajstić information content (AvgIpc) is 1.88. The monoisotopic (exact) mass is 140 g/mol. The van der Waals surface area contributed by atoms with E-state index in [-0.39, 0.29) is 0 Å². The van der Waals surface area contributed by atoms with Crippen molar-refractivity contribution in [2.75, 3.05) is 26.2 Å². The largest absolute Gasteiger partial charge is 0.312 e. The Morgan fingerprint density at radius 1 is 0.778 bits per heavy atom. The molecule has 0 aromatic heterocycles. The molecule has 0 saturated carbocycles. The van der Waals surface area contributed by atoms with Gasteiger partial charge in [-0.25, -0.2) is 0 Å². The Balaban J connectivity index is 1.96. The molecule has 0 aliphatic carbocycles. The Hall–Kier alpha value is 0.137. The van der Waals surface area contributed by atoms with Crippen molar-refractivity contribution >= 4 is 9.84 Å². The predicted molar refractivity (Wildman–Crippen MR) is 38.1 cm³/mol. The van der Waals surface area contributed by atoms with Gasteiger partial charge in [0, 0.05) is 0 Å². The van der Waals surface area contributed by atoms with Crippen molar-refractivity contribution in [1.82, 2.24) is 9.13 Å². The van der Waals surface area contributed by atoms with E-state index in [1.807, 2.05) is 0 Å². The van der Waals surface area contributed by atoms with Crippen molar-refractivity contribution in [3.8, 4) is 0 Å². The van der Waals surface area contributed by atoms with E-state index in [0.717, 1.165) is 9.84 Å². The molecule has 0 spiro atoms. The fourth-order valence-electron chi connectivity index (χ4n) is 1.53. The molecule has 2 rings (SSSR count). The summed E-state index contributed by atoms with van der Waals surface area (Å²) in [6.45, 7) is 5.42. The molecule has 0 N–H and O–H groups in total. The van der Waals surface area contributed by atoms with Crippen molar-refractivity contribution < 1.29 is 0 Å². The normalized spacial score (nSPS) is 42.7. The van der Waals surface area contributed by atoms with Gasteiger partial charge in [0.25, 0.3) is 9.84 Å². The van der Waals surface area contributed by atoms with Crippen LogP contribution in [0.2, 0.25) is 0 Å². The Bertz CT molecular complexity index is 87.2. The molecule has 2 aliphatic rings. The number of hydrogen-bond acceptors (Lipinski definition) is 2. The third kappa shape index (κ3) is 1.18. The molecule has 0 unspecified atom stereocenters. The van der Waals surface area contributed by atoms with Crippen LogP contribution in [0.15, 0.2) is 0 Å². The van der Waals surface area contributed by atoms with Crippen LogP contribution in [0.4, 0.5) is 0 Å². The molecule has 2 aliphatic heterocycles. The molecule has 9 heavy (non-hydrogen) atoms. The summed E-state index contributed by atoms with van der Waals surface area (Å²) in [6, 6.07) is 0. The lowest BCUT2D eigenvalue weighted by molar-refractivity contribution is 0.245. The van der Waals surface area contributed by atoms with E-state index in [0.29, 0.717) is 0 Å². The summed E-state index contributed by atoms with van der Waals surface area (Å²) < 4.78 is 5.15. The summed E-state index contributed by atoms with van der Waals surface area (Å²) >= 11 is 0. The third-order valence-corrected chi connectivity index (χ3v) is 3.46. The molecule has 50 valence electrons. The van der Waals surface area contributed by atoms with Gasteiger partial charge < -0.3 is 9.13 Å². The van der Waals surface area contributed by atoms with Gasteiger partial charge in [-0.3, -0.25) is 0 Å². The molecular weight excluding hydrogens is 128 g/mol. The van der Waals surface area contributed by atoms with Crippen LogP contribution < -0.4 is 0 Å². The number of hydrogen-bond donors (Lipinski definition) is 0. The van der Waals surface area contributed by atoms with Gasteiger partial charge in [-0.2, -0.15) is 0 Å². The van der Waals surface area contributed by atoms with Crippen LogP contribution in [0.1, 0.15) is 12.8 Å². The average molecular weight is 140 g/mol. The van der Waals surface area contributed by atoms with Crippen molar-refractivity contribution in [3.63, 3.8) is 0 Å². The lowest BCUT2D eigenvalue weighted by atomic mass is 10.3. The highest BCUT2D eigenvalue weighted by Gasteiger charge is 2.22. The fourth-order valence-corrected chi connectivity index (χ4v) is 2.96. The first kappa shape index (κ1) is 5.89. The van der Waals surface area contributed by atoms with Gasteiger partial charge in [0.05, 0.1) is 0 Å². The molecule has 2 heterocycles. The van der Waals surface area contributed by atoms with Crippen LogP contribution in [0, 0.1) is 0 Å². The number of fused-ring (bicyclic) bond motifs is 2. The summed E-state index contributed by atoms with van der Waals surface area (Å²) in [6.07, 6.45) is 2.79. The zero-order valence-electron chi connectivity index (χ0n) is 5.64. The zero-order chi connectivity index (χ0) is 6.10. The lowest BCUT2D eigenvalue weighted by Crippen LogP contribution is -2.52. The van der Waals surface area contributed by atoms with Crippen LogP contribution in [0.5, 0.6) is 0 Å². The maximum atomic E-state index is 2.58. The maximum absolute atomic E-state index is 2.58. The molecule has 0 atom stereocenters. The molecule has 2 nitrogen and oxygen atoms in total. The van der Waals surface area contributed by atoms with Gasteiger partial charge in [0.2, 0.25) is 0 Å². The summed E-state index contributed by atoms with van der Waals surface area (Å²) in [5.74, 6) is 0. The van der Waals surface area contributed by atoms with E-state index >= 15 is 0 Å². The Kier molecular flexibility index (Phi) is 1.57. The minimum absolute atomic E-state index is 1.02. The standard InChI is InChI=1S/C6H12N2Si/c1-3-7-5-2-6-8(4-1)9-7/h1-6H2. The van der Waals surface area contributed by atoms with Crippen molar-refractivity contribution in [2.45, 2.75) is 12.8 Å². The lowest BCUT2D eigenvalue weighted by Gasteiger charge is -2.38. The summed E-state index contributed by atoms with van der Waals surface area (Å²) in [4.78, 5) is 0. The van der Waals surface area contributed by atoms with Crippen LogP contribution in [-0.2, 0) is 0 Å². The summed E-state index contributed by atoms with van der Waals surface area (Å²) in [7, 11) is 1.02. The highest BCUT2D eigenvalue weighted by Crippen LogP contribution is 2.09. The van der Waals surface area contributed by atoms with Gasteiger partial charge in [-0.15, -0.1) is 0 Å². The SMILES string of the molecule is C1CN2CCCN(C1)[Si]2. The van der Waals surface area contributed by atoms with Gasteiger partial charge in [0.1, 0.15) is 0 Å². The molecule has 0 aromatic rings.